The number of likely N-dealkylation sites (N-methyl/N-ethyl adjacent to an activating group) is 7. The van der Waals surface area contributed by atoms with Gasteiger partial charge in [0, 0.05) is 49.3 Å². The summed E-state index contributed by atoms with van der Waals surface area (Å²) in [6.07, 6.45) is 1.10. The van der Waals surface area contributed by atoms with Crippen LogP contribution in [0.3, 0.4) is 0 Å². The van der Waals surface area contributed by atoms with Crippen molar-refractivity contribution in [2.45, 2.75) is 222 Å². The SMILES string of the molecule is CCCC[C@@H](C)[C@@H](O)[C@H]1C(=O)N[C@@H](CC)C(=O)N(C)CC(=O)N(C)[C@@H](CCNC)C(=O)N[C@@H](C(C)C)C(=O)N(C)[C@@H](CC(C)C)C(=O)N[C@@H](C)C(=O)N[C@H](C)C(=O)N(C)[C@@H](CC(C)C)C(=O)N(C)[C@@H](CC(C)C)C(=O)N(C)[C@@H](C(C)C)C(=O)N1C. The van der Waals surface area contributed by atoms with Crippen molar-refractivity contribution in [3.05, 3.63) is 0 Å². The first kappa shape index (κ1) is 77.1. The number of nitrogens with one attached hydrogen (secondary N) is 5. The Kier molecular flexibility index (Phi) is 32.3. The van der Waals surface area contributed by atoms with Gasteiger partial charge in [-0.25, -0.2) is 0 Å². The Labute approximate surface area is 508 Å². The molecule has 0 radical (unpaired) electrons. The first-order valence-corrected chi connectivity index (χ1v) is 30.7. The molecule has 1 saturated heterocycles. The van der Waals surface area contributed by atoms with Gasteiger partial charge >= 0.3 is 0 Å². The third-order valence-electron chi connectivity index (χ3n) is 16.3. The molecule has 0 aromatic heterocycles. The summed E-state index contributed by atoms with van der Waals surface area (Å²) < 4.78 is 0. The summed E-state index contributed by atoms with van der Waals surface area (Å²) in [7, 11) is 11.6. The molecule has 11 amide bonds. The van der Waals surface area contributed by atoms with Crippen LogP contribution in [-0.4, -0.2) is 240 Å². The first-order chi connectivity index (χ1) is 39.4. The van der Waals surface area contributed by atoms with E-state index in [0.29, 0.717) is 12.8 Å². The largest absolute Gasteiger partial charge is 0.390 e. The average Bonchev–Trinajstić information content (AvgIpc) is 3.47. The van der Waals surface area contributed by atoms with Crippen LogP contribution in [0.2, 0.25) is 0 Å². The number of hydrogen-bond donors (Lipinski definition) is 6. The van der Waals surface area contributed by atoms with Crippen molar-refractivity contribution >= 4 is 65.0 Å². The summed E-state index contributed by atoms with van der Waals surface area (Å²) in [4.78, 5) is 168. The van der Waals surface area contributed by atoms with Crippen LogP contribution in [0.15, 0.2) is 0 Å². The summed E-state index contributed by atoms with van der Waals surface area (Å²) in [5.41, 5.74) is 0. The zero-order chi connectivity index (χ0) is 65.8. The predicted octanol–water partition coefficient (Wildman–Crippen LogP) is 2.06. The van der Waals surface area contributed by atoms with Gasteiger partial charge in [-0.1, -0.05) is 103 Å². The van der Waals surface area contributed by atoms with Crippen molar-refractivity contribution in [3.8, 4) is 0 Å². The molecule has 1 fully saturated rings. The molecule has 0 unspecified atom stereocenters. The van der Waals surface area contributed by atoms with Crippen molar-refractivity contribution in [1.29, 1.82) is 0 Å². The molecule has 0 aromatic carbocycles. The molecule has 24 nitrogen and oxygen atoms in total. The summed E-state index contributed by atoms with van der Waals surface area (Å²) in [6, 6.07) is -12.3. The summed E-state index contributed by atoms with van der Waals surface area (Å²) in [5.74, 6) is -9.47. The standard InChI is InChI=1S/C61H112N12O12/c1-24-26-27-39(13)51(75)50-55(79)65-42(25-2)57(81)67(17)33-47(74)68(18)43(28-29-62-16)53(77)66-48(37(9)10)60(84)69(19)44(30-34(3)4)54(78)63-40(14)52(76)64-41(15)56(80)70(20)45(31-35(5)6)58(82)71(21)46(32-36(7)8)59(83)72(22)49(38(11)12)61(85)73(50)23/h34-46,48-51,62,75H,24-33H2,1-23H3,(H,63,78)(H,64,76)(H,65,79)(H,66,77)/t39-,40+,41-,42+,43+,44+,45+,46+,48+,49+,50+,51-/m1/s1. The zero-order valence-electron chi connectivity index (χ0n) is 56.0. The Hall–Kier alpha value is -5.91. The van der Waals surface area contributed by atoms with E-state index < -0.39 is 156 Å². The molecule has 0 aromatic rings. The maximum Gasteiger partial charge on any atom is 0.246 e. The van der Waals surface area contributed by atoms with Crippen molar-refractivity contribution in [2.24, 2.45) is 35.5 Å². The smallest absolute Gasteiger partial charge is 0.246 e. The molecule has 1 rings (SSSR count). The number of aliphatic hydroxyl groups is 1. The molecule has 24 heteroatoms. The molecular weight excluding hydrogens is 1090 g/mol. The number of carbonyl (C=O) groups is 11. The lowest BCUT2D eigenvalue weighted by Gasteiger charge is -2.41. The van der Waals surface area contributed by atoms with E-state index in [9.17, 15) is 48.3 Å². The topological polar surface area (TPSA) is 291 Å². The molecular formula is C61H112N12O12. The van der Waals surface area contributed by atoms with Crippen LogP contribution in [0.25, 0.3) is 0 Å². The minimum absolute atomic E-state index is 0.0289. The normalized spacial score (nSPS) is 26.7. The van der Waals surface area contributed by atoms with Gasteiger partial charge in [-0.2, -0.15) is 0 Å². The third-order valence-corrected chi connectivity index (χ3v) is 16.3. The Morgan fingerprint density at radius 1 is 0.494 bits per heavy atom. The Balaban J connectivity index is 4.30. The first-order valence-electron chi connectivity index (χ1n) is 30.7. The molecule has 1 aliphatic rings. The second-order valence-electron chi connectivity index (χ2n) is 25.7. The van der Waals surface area contributed by atoms with Crippen LogP contribution in [0.4, 0.5) is 0 Å². The zero-order valence-corrected chi connectivity index (χ0v) is 56.0. The number of rotatable bonds is 17. The molecule has 1 heterocycles. The number of amides is 11. The highest BCUT2D eigenvalue weighted by molar-refractivity contribution is 5.99. The van der Waals surface area contributed by atoms with E-state index in [1.807, 2.05) is 48.5 Å². The van der Waals surface area contributed by atoms with Gasteiger partial charge in [-0.05, 0) is 101 Å². The summed E-state index contributed by atoms with van der Waals surface area (Å²) in [6.45, 7) is 26.1. The fourth-order valence-electron chi connectivity index (χ4n) is 10.8. The monoisotopic (exact) mass is 1200 g/mol. The Bertz CT molecular complexity index is 2260. The highest BCUT2D eigenvalue weighted by Gasteiger charge is 2.45. The van der Waals surface area contributed by atoms with E-state index in [2.05, 4.69) is 26.6 Å². The summed E-state index contributed by atoms with van der Waals surface area (Å²) in [5, 5.41) is 26.1. The molecule has 0 spiro atoms. The molecule has 1 aliphatic heterocycles. The summed E-state index contributed by atoms with van der Waals surface area (Å²) >= 11 is 0. The molecule has 6 N–H and O–H groups in total. The highest BCUT2D eigenvalue weighted by Crippen LogP contribution is 2.26. The van der Waals surface area contributed by atoms with E-state index in [1.54, 1.807) is 48.6 Å². The van der Waals surface area contributed by atoms with Crippen LogP contribution >= 0.6 is 0 Å². The van der Waals surface area contributed by atoms with E-state index in [1.165, 1.54) is 87.7 Å². The van der Waals surface area contributed by atoms with Gasteiger partial charge in [-0.3, -0.25) is 52.7 Å². The fraction of sp³-hybridized carbons (Fsp3) is 0.820. The van der Waals surface area contributed by atoms with E-state index in [0.717, 1.165) is 16.2 Å². The Morgan fingerprint density at radius 3 is 1.42 bits per heavy atom. The van der Waals surface area contributed by atoms with Gasteiger partial charge in [-0.15, -0.1) is 0 Å². The van der Waals surface area contributed by atoms with E-state index in [-0.39, 0.29) is 56.4 Å². The second kappa shape index (κ2) is 35.7. The second-order valence-corrected chi connectivity index (χ2v) is 25.7. The maximum absolute atomic E-state index is 15.1. The number of aliphatic hydroxyl groups excluding tert-OH is 1. The molecule has 488 valence electrons. The van der Waals surface area contributed by atoms with Gasteiger partial charge in [0.2, 0.25) is 65.0 Å². The molecule has 0 bridgehead atoms. The average molecular weight is 1210 g/mol. The number of nitrogens with zero attached hydrogens (tertiary/aromatic N) is 7. The van der Waals surface area contributed by atoms with Crippen molar-refractivity contribution < 1.29 is 57.8 Å². The lowest BCUT2D eigenvalue weighted by molar-refractivity contribution is -0.157. The molecule has 0 aliphatic carbocycles. The number of hydrogen-bond acceptors (Lipinski definition) is 13. The molecule has 85 heavy (non-hydrogen) atoms. The van der Waals surface area contributed by atoms with Crippen LogP contribution in [0.1, 0.15) is 155 Å². The predicted molar refractivity (Wildman–Crippen MR) is 328 cm³/mol. The van der Waals surface area contributed by atoms with Gasteiger partial charge in [0.25, 0.3) is 0 Å². The van der Waals surface area contributed by atoms with Gasteiger partial charge < -0.3 is 66.0 Å². The third kappa shape index (κ3) is 21.8. The van der Waals surface area contributed by atoms with Crippen LogP contribution < -0.4 is 26.6 Å². The lowest BCUT2D eigenvalue weighted by Crippen LogP contribution is -2.63. The van der Waals surface area contributed by atoms with Crippen LogP contribution in [-0.2, 0) is 52.7 Å². The Morgan fingerprint density at radius 2 is 0.953 bits per heavy atom. The van der Waals surface area contributed by atoms with Crippen LogP contribution in [0.5, 0.6) is 0 Å². The lowest BCUT2D eigenvalue weighted by atomic mass is 9.90. The van der Waals surface area contributed by atoms with Crippen LogP contribution in [0, 0.1) is 35.5 Å². The van der Waals surface area contributed by atoms with Gasteiger partial charge in [0.15, 0.2) is 0 Å². The molecule has 12 atom stereocenters. The van der Waals surface area contributed by atoms with Crippen molar-refractivity contribution in [2.75, 3.05) is 69.5 Å². The molecule has 0 saturated carbocycles. The van der Waals surface area contributed by atoms with Crippen molar-refractivity contribution in [1.82, 2.24) is 60.9 Å². The minimum Gasteiger partial charge on any atom is -0.390 e. The van der Waals surface area contributed by atoms with E-state index in [4.69, 9.17) is 0 Å². The quantitative estimate of drug-likeness (QED) is 0.122. The van der Waals surface area contributed by atoms with Gasteiger partial charge in [0.05, 0.1) is 12.6 Å². The van der Waals surface area contributed by atoms with Gasteiger partial charge in [0.1, 0.15) is 60.4 Å². The highest BCUT2D eigenvalue weighted by atomic mass is 16.3. The van der Waals surface area contributed by atoms with Crippen molar-refractivity contribution in [3.63, 3.8) is 0 Å². The van der Waals surface area contributed by atoms with E-state index >= 15 is 9.59 Å². The fourth-order valence-corrected chi connectivity index (χ4v) is 10.8. The minimum atomic E-state index is -1.58. The number of unbranched alkanes of at least 4 members (excludes halogenated alkanes) is 1. The number of carbonyl (C=O) groups excluding carboxylic acids is 11. The maximum atomic E-state index is 15.1.